The molecule has 4 heterocycles. The summed E-state index contributed by atoms with van der Waals surface area (Å²) in [6, 6.07) is 14.8. The second-order valence-electron chi connectivity index (χ2n) is 10.8. The van der Waals surface area contributed by atoms with Crippen LogP contribution in [0, 0.1) is 0 Å². The zero-order valence-corrected chi connectivity index (χ0v) is 30.7. The van der Waals surface area contributed by atoms with Crippen molar-refractivity contribution in [3.63, 3.8) is 0 Å². The van der Waals surface area contributed by atoms with Gasteiger partial charge in [0.2, 0.25) is 0 Å². The largest absolute Gasteiger partial charge is 0.475 e. The summed E-state index contributed by atoms with van der Waals surface area (Å²) in [4.78, 5) is 50.6. The van der Waals surface area contributed by atoms with Crippen LogP contribution in [0.4, 0.5) is 0 Å². The number of carboxylic acid groups (broad SMARTS) is 1. The molecule has 0 aromatic carbocycles. The molecule has 11 heteroatoms. The fourth-order valence-corrected chi connectivity index (χ4v) is 7.90. The van der Waals surface area contributed by atoms with Crippen molar-refractivity contribution in [1.29, 1.82) is 0 Å². The lowest BCUT2D eigenvalue weighted by Gasteiger charge is -2.03. The number of carbonyl (C=O) groups is 4. The van der Waals surface area contributed by atoms with Crippen molar-refractivity contribution >= 4 is 68.8 Å². The number of amides is 1. The minimum atomic E-state index is -1.41. The van der Waals surface area contributed by atoms with Gasteiger partial charge in [-0.1, -0.05) is 90.2 Å². The van der Waals surface area contributed by atoms with Crippen molar-refractivity contribution in [2.24, 2.45) is 5.73 Å². The van der Waals surface area contributed by atoms with Gasteiger partial charge in [0, 0.05) is 26.1 Å². The van der Waals surface area contributed by atoms with Crippen LogP contribution in [-0.2, 0) is 9.59 Å². The lowest BCUT2D eigenvalue weighted by atomic mass is 10.1. The molecule has 256 valence electrons. The number of carbonyl (C=O) groups excluding carboxylic acids is 3. The van der Waals surface area contributed by atoms with Crippen molar-refractivity contribution in [3.8, 4) is 19.5 Å². The highest BCUT2D eigenvalue weighted by Gasteiger charge is 2.19. The molecule has 0 spiro atoms. The van der Waals surface area contributed by atoms with E-state index in [9.17, 15) is 19.2 Å². The number of thiophene rings is 4. The third-order valence-electron chi connectivity index (χ3n) is 6.96. The van der Waals surface area contributed by atoms with E-state index in [-0.39, 0.29) is 4.88 Å². The molecule has 0 saturated heterocycles. The predicted octanol–water partition coefficient (Wildman–Crippen LogP) is 10.2. The van der Waals surface area contributed by atoms with Crippen LogP contribution >= 0.6 is 45.3 Å². The van der Waals surface area contributed by atoms with Crippen LogP contribution in [0.15, 0.2) is 59.3 Å². The average molecular weight is 717 g/mol. The number of nitrogens with two attached hydrogens (primary N) is 1. The highest BCUT2D eigenvalue weighted by atomic mass is 32.1. The Morgan fingerprint density at radius 1 is 0.617 bits per heavy atom. The maximum absolute atomic E-state index is 12.1. The van der Waals surface area contributed by atoms with E-state index in [4.69, 9.17) is 10.8 Å². The molecule has 4 aromatic heterocycles. The second-order valence-corrected chi connectivity index (χ2v) is 14.9. The molecular weight excluding hydrogens is 669 g/mol. The van der Waals surface area contributed by atoms with E-state index in [1.165, 1.54) is 86.9 Å². The zero-order chi connectivity index (χ0) is 34.3. The molecule has 4 aromatic rings. The topological polar surface area (TPSA) is 127 Å². The highest BCUT2D eigenvalue weighted by molar-refractivity contribution is 7.23. The van der Waals surface area contributed by atoms with Gasteiger partial charge < -0.3 is 16.2 Å². The Labute approximate surface area is 295 Å². The quantitative estimate of drug-likeness (QED) is 0.0504. The Kier molecular flexibility index (Phi) is 20.7. The summed E-state index contributed by atoms with van der Waals surface area (Å²) in [6.45, 7) is 5.88. The van der Waals surface area contributed by atoms with E-state index in [1.54, 1.807) is 40.9 Å². The molecule has 0 aliphatic rings. The number of aliphatic carboxylic acids is 1. The summed E-state index contributed by atoms with van der Waals surface area (Å²) in [5.41, 5.74) is 5.34. The number of hydrogen-bond acceptors (Lipinski definition) is 9. The van der Waals surface area contributed by atoms with E-state index < -0.39 is 23.4 Å². The summed E-state index contributed by atoms with van der Waals surface area (Å²) < 4.78 is 0. The van der Waals surface area contributed by atoms with Gasteiger partial charge in [-0.05, 0) is 66.5 Å². The molecule has 0 aliphatic heterocycles. The zero-order valence-electron chi connectivity index (χ0n) is 27.5. The highest BCUT2D eigenvalue weighted by Crippen LogP contribution is 2.32. The molecule has 0 radical (unpaired) electrons. The number of ketones is 2. The standard InChI is InChI=1S/C18H23NO2S2.C10H6O3S2.C8H19N/c1-2-3-4-5-6-7-12-19-18(21)17(20)16-11-10-15(23-16)14-9-8-13-22-14;11-9(10(12)13)8-4-3-7(15-8)6-2-1-5-14-6;1-2-3-4-5-6-7-8-9/h8-11,13H,2-7,12H2,1H3,(H,19,21);1-5H,(H,12,13);2-9H2,1H3. The Hall–Kier alpha value is -2.96. The van der Waals surface area contributed by atoms with E-state index in [0.29, 0.717) is 11.4 Å². The second kappa shape index (κ2) is 24.2. The van der Waals surface area contributed by atoms with Gasteiger partial charge in [-0.3, -0.25) is 14.4 Å². The fourth-order valence-electron chi connectivity index (χ4n) is 4.35. The average Bonchev–Trinajstić information content (AvgIpc) is 3.91. The monoisotopic (exact) mass is 716 g/mol. The van der Waals surface area contributed by atoms with Crippen LogP contribution in [0.3, 0.4) is 0 Å². The summed E-state index contributed by atoms with van der Waals surface area (Å²) >= 11 is 5.78. The summed E-state index contributed by atoms with van der Waals surface area (Å²) in [6.07, 6.45) is 15.1. The first-order valence-corrected chi connectivity index (χ1v) is 19.8. The number of hydrogen-bond donors (Lipinski definition) is 3. The Balaban J connectivity index is 0.000000274. The van der Waals surface area contributed by atoms with Crippen LogP contribution in [0.25, 0.3) is 19.5 Å². The van der Waals surface area contributed by atoms with E-state index in [2.05, 4.69) is 19.2 Å². The third-order valence-corrected chi connectivity index (χ3v) is 11.3. The number of unbranched alkanes of at least 4 members (excludes halogenated alkanes) is 10. The molecule has 0 bridgehead atoms. The number of carboxylic acids is 1. The van der Waals surface area contributed by atoms with Crippen molar-refractivity contribution < 1.29 is 24.3 Å². The minimum absolute atomic E-state index is 0.269. The Bertz CT molecular complexity index is 1440. The SMILES string of the molecule is CCCCCCCCN.CCCCCCCCNC(=O)C(=O)c1ccc(-c2cccs2)s1.O=C(O)C(=O)c1ccc(-c2cccs2)s1. The van der Waals surface area contributed by atoms with Crippen molar-refractivity contribution in [2.75, 3.05) is 13.1 Å². The van der Waals surface area contributed by atoms with Gasteiger partial charge in [0.05, 0.1) is 9.75 Å². The molecule has 0 unspecified atom stereocenters. The van der Waals surface area contributed by atoms with Crippen molar-refractivity contribution in [2.45, 2.75) is 90.9 Å². The number of Topliss-reactive ketones (excluding diaryl/α,β-unsaturated/α-hetero) is 2. The van der Waals surface area contributed by atoms with Gasteiger partial charge in [-0.25, -0.2) is 4.79 Å². The van der Waals surface area contributed by atoms with Gasteiger partial charge in [-0.15, -0.1) is 45.3 Å². The first-order chi connectivity index (χ1) is 22.8. The molecule has 4 N–H and O–H groups in total. The van der Waals surface area contributed by atoms with Gasteiger partial charge >= 0.3 is 5.97 Å². The fraction of sp³-hybridized carbons (Fsp3) is 0.444. The van der Waals surface area contributed by atoms with Crippen LogP contribution in [0.5, 0.6) is 0 Å². The lowest BCUT2D eigenvalue weighted by Crippen LogP contribution is -2.31. The van der Waals surface area contributed by atoms with E-state index in [0.717, 1.165) is 38.9 Å². The van der Waals surface area contributed by atoms with Gasteiger partial charge in [0.25, 0.3) is 17.5 Å². The maximum Gasteiger partial charge on any atom is 0.378 e. The lowest BCUT2D eigenvalue weighted by molar-refractivity contribution is -0.131. The molecule has 7 nitrogen and oxygen atoms in total. The molecule has 1 amide bonds. The molecule has 0 atom stereocenters. The molecule has 4 rings (SSSR count). The first kappa shape index (κ1) is 40.2. The molecule has 0 aliphatic carbocycles. The van der Waals surface area contributed by atoms with Crippen molar-refractivity contribution in [3.05, 3.63) is 69.0 Å². The van der Waals surface area contributed by atoms with E-state index >= 15 is 0 Å². The van der Waals surface area contributed by atoms with Crippen LogP contribution in [0.1, 0.15) is 110 Å². The first-order valence-electron chi connectivity index (χ1n) is 16.4. The van der Waals surface area contributed by atoms with Crippen LogP contribution in [0.2, 0.25) is 0 Å². The summed E-state index contributed by atoms with van der Waals surface area (Å²) in [5, 5.41) is 15.2. The molecule has 0 saturated carbocycles. The molecule has 0 fully saturated rings. The van der Waals surface area contributed by atoms with Gasteiger partial charge in [-0.2, -0.15) is 0 Å². The molecule has 47 heavy (non-hydrogen) atoms. The normalized spacial score (nSPS) is 10.4. The van der Waals surface area contributed by atoms with Crippen molar-refractivity contribution in [1.82, 2.24) is 5.32 Å². The Morgan fingerprint density at radius 2 is 1.09 bits per heavy atom. The number of rotatable bonds is 19. The van der Waals surface area contributed by atoms with Crippen LogP contribution in [-0.4, -0.2) is 41.6 Å². The van der Waals surface area contributed by atoms with Gasteiger partial charge in [0.15, 0.2) is 0 Å². The minimum Gasteiger partial charge on any atom is -0.475 e. The molecular formula is C36H48N2O5S4. The van der Waals surface area contributed by atoms with E-state index in [1.807, 2.05) is 41.1 Å². The maximum atomic E-state index is 12.1. The smallest absolute Gasteiger partial charge is 0.378 e. The number of nitrogens with one attached hydrogen (secondary N) is 1. The van der Waals surface area contributed by atoms with Crippen LogP contribution < -0.4 is 11.1 Å². The summed E-state index contributed by atoms with van der Waals surface area (Å²) in [5.74, 6) is -3.17. The van der Waals surface area contributed by atoms with Gasteiger partial charge in [0.1, 0.15) is 0 Å². The Morgan fingerprint density at radius 3 is 1.53 bits per heavy atom. The third kappa shape index (κ3) is 15.7. The summed E-state index contributed by atoms with van der Waals surface area (Å²) in [7, 11) is 0. The predicted molar refractivity (Wildman–Crippen MR) is 200 cm³/mol.